The van der Waals surface area contributed by atoms with E-state index in [1.807, 2.05) is 37.3 Å². The first-order chi connectivity index (χ1) is 9.47. The van der Waals surface area contributed by atoms with Crippen LogP contribution in [0, 0.1) is 0 Å². The predicted octanol–water partition coefficient (Wildman–Crippen LogP) is 4.56. The molecule has 1 atom stereocenters. The molecule has 2 aromatic rings. The summed E-state index contributed by atoms with van der Waals surface area (Å²) in [6.45, 7) is 2.56. The van der Waals surface area contributed by atoms with Gasteiger partial charge in [-0.05, 0) is 30.2 Å². The van der Waals surface area contributed by atoms with Gasteiger partial charge in [-0.2, -0.15) is 13.2 Å². The average Bonchev–Trinajstić information content (AvgIpc) is 2.45. The lowest BCUT2D eigenvalue weighted by molar-refractivity contribution is -0.137. The van der Waals surface area contributed by atoms with E-state index < -0.39 is 11.7 Å². The molecule has 1 unspecified atom stereocenters. The third-order valence-electron chi connectivity index (χ3n) is 3.19. The maximum Gasteiger partial charge on any atom is 0.416 e. The van der Waals surface area contributed by atoms with E-state index in [4.69, 9.17) is 0 Å². The molecule has 0 aliphatic carbocycles. The zero-order valence-electron chi connectivity index (χ0n) is 11.1. The van der Waals surface area contributed by atoms with Gasteiger partial charge in [0.05, 0.1) is 5.56 Å². The Labute approximate surface area is 116 Å². The standard InChI is InChI=1S/C16H16F3N/c1-12(14-5-3-2-4-6-14)20-11-13-7-9-15(10-8-13)16(17,18)19/h2-10,12,20H,11H2,1H3. The first-order valence-corrected chi connectivity index (χ1v) is 6.41. The number of rotatable bonds is 4. The molecule has 2 aromatic carbocycles. The van der Waals surface area contributed by atoms with Crippen LogP contribution in [0.5, 0.6) is 0 Å². The number of halogens is 3. The Bertz CT molecular complexity index is 532. The highest BCUT2D eigenvalue weighted by molar-refractivity contribution is 5.25. The molecule has 0 fully saturated rings. The van der Waals surface area contributed by atoms with Gasteiger partial charge in [0.15, 0.2) is 0 Å². The molecule has 0 aliphatic rings. The van der Waals surface area contributed by atoms with E-state index in [2.05, 4.69) is 5.32 Å². The summed E-state index contributed by atoms with van der Waals surface area (Å²) in [7, 11) is 0. The Balaban J connectivity index is 1.94. The fraction of sp³-hybridized carbons (Fsp3) is 0.250. The van der Waals surface area contributed by atoms with Crippen molar-refractivity contribution in [2.45, 2.75) is 25.7 Å². The molecule has 0 heterocycles. The van der Waals surface area contributed by atoms with Crippen LogP contribution < -0.4 is 5.32 Å². The number of hydrogen-bond acceptors (Lipinski definition) is 1. The fourth-order valence-corrected chi connectivity index (χ4v) is 1.94. The minimum Gasteiger partial charge on any atom is -0.306 e. The number of nitrogens with one attached hydrogen (secondary N) is 1. The summed E-state index contributed by atoms with van der Waals surface area (Å²) in [4.78, 5) is 0. The van der Waals surface area contributed by atoms with Gasteiger partial charge in [-0.15, -0.1) is 0 Å². The van der Waals surface area contributed by atoms with Crippen molar-refractivity contribution in [2.24, 2.45) is 0 Å². The first kappa shape index (κ1) is 14.6. The monoisotopic (exact) mass is 279 g/mol. The molecule has 0 saturated carbocycles. The summed E-state index contributed by atoms with van der Waals surface area (Å²) in [5, 5.41) is 3.29. The smallest absolute Gasteiger partial charge is 0.306 e. The van der Waals surface area contributed by atoms with Crippen molar-refractivity contribution in [3.05, 3.63) is 71.3 Å². The second-order valence-corrected chi connectivity index (χ2v) is 4.71. The molecular weight excluding hydrogens is 263 g/mol. The summed E-state index contributed by atoms with van der Waals surface area (Å²) in [6, 6.07) is 15.3. The van der Waals surface area contributed by atoms with Crippen LogP contribution in [0.4, 0.5) is 13.2 Å². The molecule has 0 bridgehead atoms. The van der Waals surface area contributed by atoms with Crippen molar-refractivity contribution in [2.75, 3.05) is 0 Å². The van der Waals surface area contributed by atoms with Crippen LogP contribution in [0.3, 0.4) is 0 Å². The number of benzene rings is 2. The minimum absolute atomic E-state index is 0.151. The SMILES string of the molecule is CC(NCc1ccc(C(F)(F)F)cc1)c1ccccc1. The van der Waals surface area contributed by atoms with E-state index in [-0.39, 0.29) is 6.04 Å². The zero-order chi connectivity index (χ0) is 14.6. The summed E-state index contributed by atoms with van der Waals surface area (Å²) >= 11 is 0. The van der Waals surface area contributed by atoms with Crippen LogP contribution in [0.15, 0.2) is 54.6 Å². The topological polar surface area (TPSA) is 12.0 Å². The fourth-order valence-electron chi connectivity index (χ4n) is 1.94. The molecule has 4 heteroatoms. The molecule has 106 valence electrons. The van der Waals surface area contributed by atoms with Crippen molar-refractivity contribution < 1.29 is 13.2 Å². The van der Waals surface area contributed by atoms with E-state index in [0.717, 1.165) is 23.3 Å². The highest BCUT2D eigenvalue weighted by Crippen LogP contribution is 2.29. The van der Waals surface area contributed by atoms with Crippen LogP contribution >= 0.6 is 0 Å². The van der Waals surface area contributed by atoms with Crippen molar-refractivity contribution in [1.29, 1.82) is 0 Å². The highest BCUT2D eigenvalue weighted by Gasteiger charge is 2.29. The predicted molar refractivity (Wildman–Crippen MR) is 73.1 cm³/mol. The molecule has 0 spiro atoms. The Morgan fingerprint density at radius 3 is 2.10 bits per heavy atom. The lowest BCUT2D eigenvalue weighted by Crippen LogP contribution is -2.18. The minimum atomic E-state index is -4.27. The number of hydrogen-bond donors (Lipinski definition) is 1. The maximum atomic E-state index is 12.4. The zero-order valence-corrected chi connectivity index (χ0v) is 11.1. The molecule has 1 nitrogen and oxygen atoms in total. The van der Waals surface area contributed by atoms with Gasteiger partial charge in [0.25, 0.3) is 0 Å². The van der Waals surface area contributed by atoms with Gasteiger partial charge >= 0.3 is 6.18 Å². The Morgan fingerprint density at radius 2 is 1.55 bits per heavy atom. The quantitative estimate of drug-likeness (QED) is 0.865. The van der Waals surface area contributed by atoms with Gasteiger partial charge < -0.3 is 5.32 Å². The van der Waals surface area contributed by atoms with Gasteiger partial charge in [0, 0.05) is 12.6 Å². The second kappa shape index (κ2) is 6.09. The van der Waals surface area contributed by atoms with Crippen LogP contribution in [0.1, 0.15) is 29.7 Å². The average molecular weight is 279 g/mol. The summed E-state index contributed by atoms with van der Waals surface area (Å²) < 4.78 is 37.3. The van der Waals surface area contributed by atoms with Crippen LogP contribution in [0.25, 0.3) is 0 Å². The molecule has 20 heavy (non-hydrogen) atoms. The summed E-state index contributed by atoms with van der Waals surface area (Å²) in [6.07, 6.45) is -4.27. The van der Waals surface area contributed by atoms with Crippen LogP contribution in [-0.2, 0) is 12.7 Å². The largest absolute Gasteiger partial charge is 0.416 e. The molecule has 1 N–H and O–H groups in total. The van der Waals surface area contributed by atoms with Crippen LogP contribution in [0.2, 0.25) is 0 Å². The lowest BCUT2D eigenvalue weighted by atomic mass is 10.1. The van der Waals surface area contributed by atoms with Gasteiger partial charge in [-0.1, -0.05) is 42.5 Å². The number of alkyl halides is 3. The Hall–Kier alpha value is -1.81. The molecular formula is C16H16F3N. The van der Waals surface area contributed by atoms with E-state index in [0.29, 0.717) is 6.54 Å². The van der Waals surface area contributed by atoms with E-state index in [1.165, 1.54) is 12.1 Å². The van der Waals surface area contributed by atoms with Gasteiger partial charge in [-0.25, -0.2) is 0 Å². The molecule has 0 amide bonds. The molecule has 2 rings (SSSR count). The van der Waals surface area contributed by atoms with E-state index in [1.54, 1.807) is 0 Å². The van der Waals surface area contributed by atoms with Gasteiger partial charge in [0.2, 0.25) is 0 Å². The third-order valence-corrected chi connectivity index (χ3v) is 3.19. The Morgan fingerprint density at radius 1 is 0.950 bits per heavy atom. The third kappa shape index (κ3) is 3.84. The first-order valence-electron chi connectivity index (χ1n) is 6.41. The molecule has 0 aromatic heterocycles. The van der Waals surface area contributed by atoms with Gasteiger partial charge in [-0.3, -0.25) is 0 Å². The van der Waals surface area contributed by atoms with Crippen molar-refractivity contribution in [3.8, 4) is 0 Å². The lowest BCUT2D eigenvalue weighted by Gasteiger charge is -2.14. The molecule has 0 aliphatic heterocycles. The van der Waals surface area contributed by atoms with E-state index in [9.17, 15) is 13.2 Å². The summed E-state index contributed by atoms with van der Waals surface area (Å²) in [5.41, 5.74) is 1.37. The molecule has 0 saturated heterocycles. The highest BCUT2D eigenvalue weighted by atomic mass is 19.4. The maximum absolute atomic E-state index is 12.4. The summed E-state index contributed by atoms with van der Waals surface area (Å²) in [5.74, 6) is 0. The molecule has 0 radical (unpaired) electrons. The van der Waals surface area contributed by atoms with Crippen molar-refractivity contribution >= 4 is 0 Å². The van der Waals surface area contributed by atoms with Crippen molar-refractivity contribution in [1.82, 2.24) is 5.32 Å². The van der Waals surface area contributed by atoms with Crippen LogP contribution in [-0.4, -0.2) is 0 Å². The van der Waals surface area contributed by atoms with E-state index >= 15 is 0 Å². The second-order valence-electron chi connectivity index (χ2n) is 4.71. The van der Waals surface area contributed by atoms with Gasteiger partial charge in [0.1, 0.15) is 0 Å². The van der Waals surface area contributed by atoms with Crippen molar-refractivity contribution in [3.63, 3.8) is 0 Å². The Kier molecular flexibility index (Phi) is 4.45. The normalized spacial score (nSPS) is 13.2.